The Labute approximate surface area is 151 Å². The Morgan fingerprint density at radius 1 is 1.12 bits per heavy atom. The third-order valence-corrected chi connectivity index (χ3v) is 5.68. The minimum Gasteiger partial charge on any atom is -0.490 e. The van der Waals surface area contributed by atoms with Crippen molar-refractivity contribution in [2.24, 2.45) is 17.8 Å². The van der Waals surface area contributed by atoms with Crippen molar-refractivity contribution >= 4 is 5.91 Å². The topological polar surface area (TPSA) is 47.6 Å². The van der Waals surface area contributed by atoms with E-state index in [1.54, 1.807) is 0 Å². The fraction of sp³-hybridized carbons (Fsp3) is 0.667. The Morgan fingerprint density at radius 2 is 1.92 bits per heavy atom. The smallest absolute Gasteiger partial charge is 0.220 e. The zero-order valence-electron chi connectivity index (χ0n) is 15.6. The maximum absolute atomic E-state index is 12.2. The number of carbonyl (C=O) groups excluding carboxylic acids is 1. The highest BCUT2D eigenvalue weighted by Crippen LogP contribution is 2.49. The van der Waals surface area contributed by atoms with E-state index in [1.165, 1.54) is 25.7 Å². The van der Waals surface area contributed by atoms with Gasteiger partial charge in [0.2, 0.25) is 5.91 Å². The number of fused-ring (bicyclic) bond motifs is 2. The van der Waals surface area contributed by atoms with Crippen LogP contribution in [0.25, 0.3) is 0 Å². The fourth-order valence-corrected chi connectivity index (χ4v) is 4.53. The summed E-state index contributed by atoms with van der Waals surface area (Å²) >= 11 is 0. The second-order valence-corrected chi connectivity index (χ2v) is 7.39. The summed E-state index contributed by atoms with van der Waals surface area (Å²) < 4.78 is 11.3. The van der Waals surface area contributed by atoms with Crippen LogP contribution in [0.4, 0.5) is 0 Å². The van der Waals surface area contributed by atoms with Crippen molar-refractivity contribution in [1.82, 2.24) is 5.32 Å². The van der Waals surface area contributed by atoms with Gasteiger partial charge in [-0.15, -0.1) is 0 Å². The number of ether oxygens (including phenoxy) is 2. The molecule has 3 atom stereocenters. The van der Waals surface area contributed by atoms with Gasteiger partial charge >= 0.3 is 0 Å². The molecule has 4 nitrogen and oxygen atoms in total. The molecule has 4 heteroatoms. The van der Waals surface area contributed by atoms with E-state index in [4.69, 9.17) is 9.47 Å². The van der Waals surface area contributed by atoms with Crippen LogP contribution in [0.2, 0.25) is 0 Å². The second kappa shape index (κ2) is 8.59. The highest BCUT2D eigenvalue weighted by Gasteiger charge is 2.39. The van der Waals surface area contributed by atoms with Crippen LogP contribution in [-0.4, -0.2) is 25.7 Å². The summed E-state index contributed by atoms with van der Waals surface area (Å²) in [5.41, 5.74) is 1.16. The van der Waals surface area contributed by atoms with Gasteiger partial charge in [0.25, 0.3) is 0 Å². The van der Waals surface area contributed by atoms with Crippen LogP contribution in [0.3, 0.4) is 0 Å². The van der Waals surface area contributed by atoms with Crippen molar-refractivity contribution in [3.05, 3.63) is 23.8 Å². The monoisotopic (exact) mass is 345 g/mol. The van der Waals surface area contributed by atoms with Crippen LogP contribution >= 0.6 is 0 Å². The first-order chi connectivity index (χ1) is 12.2. The average molecular weight is 345 g/mol. The van der Waals surface area contributed by atoms with Crippen LogP contribution in [0.5, 0.6) is 11.5 Å². The second-order valence-electron chi connectivity index (χ2n) is 7.39. The Hall–Kier alpha value is -1.71. The minimum absolute atomic E-state index is 0.216. The van der Waals surface area contributed by atoms with E-state index in [-0.39, 0.29) is 5.91 Å². The summed E-state index contributed by atoms with van der Waals surface area (Å²) in [6, 6.07) is 6.03. The summed E-state index contributed by atoms with van der Waals surface area (Å²) in [5.74, 6) is 4.14. The predicted molar refractivity (Wildman–Crippen MR) is 99.0 cm³/mol. The van der Waals surface area contributed by atoms with Crippen LogP contribution in [-0.2, 0) is 11.2 Å². The molecule has 0 aromatic heterocycles. The lowest BCUT2D eigenvalue weighted by Crippen LogP contribution is -2.29. The largest absolute Gasteiger partial charge is 0.490 e. The van der Waals surface area contributed by atoms with E-state index in [0.717, 1.165) is 35.3 Å². The molecule has 0 saturated heterocycles. The molecule has 0 aliphatic heterocycles. The first-order valence-corrected chi connectivity index (χ1v) is 9.84. The lowest BCUT2D eigenvalue weighted by atomic mass is 9.86. The molecule has 1 aromatic rings. The van der Waals surface area contributed by atoms with E-state index in [1.807, 2.05) is 26.0 Å². The number of benzene rings is 1. The third-order valence-electron chi connectivity index (χ3n) is 5.68. The lowest BCUT2D eigenvalue weighted by Gasteiger charge is -2.20. The number of rotatable bonds is 9. The normalized spacial score (nSPS) is 24.3. The molecule has 0 spiro atoms. The van der Waals surface area contributed by atoms with Crippen molar-refractivity contribution in [2.45, 2.75) is 52.4 Å². The SMILES string of the molecule is CCOc1ccc(CCNC(=O)CC2CC3CCC2C3)cc1OCC. The molecule has 138 valence electrons. The molecule has 2 fully saturated rings. The van der Waals surface area contributed by atoms with E-state index in [0.29, 0.717) is 32.1 Å². The predicted octanol–water partition coefficient (Wildman–Crippen LogP) is 3.97. The first-order valence-electron chi connectivity index (χ1n) is 9.84. The molecule has 0 heterocycles. The molecule has 2 saturated carbocycles. The van der Waals surface area contributed by atoms with E-state index in [2.05, 4.69) is 11.4 Å². The zero-order valence-corrected chi connectivity index (χ0v) is 15.6. The van der Waals surface area contributed by atoms with Gasteiger partial charge in [-0.3, -0.25) is 4.79 Å². The van der Waals surface area contributed by atoms with Crippen LogP contribution in [0.1, 0.15) is 51.5 Å². The van der Waals surface area contributed by atoms with Gasteiger partial charge in [-0.05, 0) is 75.0 Å². The van der Waals surface area contributed by atoms with E-state index < -0.39 is 0 Å². The Morgan fingerprint density at radius 3 is 2.60 bits per heavy atom. The molecule has 3 rings (SSSR count). The van der Waals surface area contributed by atoms with Crippen molar-refractivity contribution in [1.29, 1.82) is 0 Å². The van der Waals surface area contributed by atoms with Crippen molar-refractivity contribution in [3.63, 3.8) is 0 Å². The van der Waals surface area contributed by atoms with E-state index in [9.17, 15) is 4.79 Å². The quantitative estimate of drug-likeness (QED) is 0.737. The number of hydrogen-bond acceptors (Lipinski definition) is 3. The molecule has 1 N–H and O–H groups in total. The third kappa shape index (κ3) is 4.68. The highest BCUT2D eigenvalue weighted by atomic mass is 16.5. The van der Waals surface area contributed by atoms with Crippen LogP contribution in [0, 0.1) is 17.8 Å². The molecule has 2 aliphatic carbocycles. The molecule has 0 radical (unpaired) electrons. The summed E-state index contributed by atoms with van der Waals surface area (Å²) in [4.78, 5) is 12.2. The molecule has 1 aromatic carbocycles. The molecular weight excluding hydrogens is 314 g/mol. The molecule has 1 amide bonds. The fourth-order valence-electron chi connectivity index (χ4n) is 4.53. The van der Waals surface area contributed by atoms with Gasteiger partial charge in [0, 0.05) is 13.0 Å². The number of nitrogens with one attached hydrogen (secondary N) is 1. The molecule has 3 unspecified atom stereocenters. The number of amides is 1. The first kappa shape index (κ1) is 18.1. The van der Waals surface area contributed by atoms with Gasteiger partial charge in [-0.2, -0.15) is 0 Å². The Bertz CT molecular complexity index is 587. The molecule has 2 bridgehead atoms. The maximum atomic E-state index is 12.2. The van der Waals surface area contributed by atoms with Gasteiger partial charge in [0.1, 0.15) is 0 Å². The van der Waals surface area contributed by atoms with Gasteiger partial charge in [-0.25, -0.2) is 0 Å². The summed E-state index contributed by atoms with van der Waals surface area (Å²) in [5, 5.41) is 3.10. The van der Waals surface area contributed by atoms with E-state index >= 15 is 0 Å². The Balaban J connectivity index is 1.44. The highest BCUT2D eigenvalue weighted by molar-refractivity contribution is 5.76. The Kier molecular flexibility index (Phi) is 6.22. The van der Waals surface area contributed by atoms with Crippen LogP contribution < -0.4 is 14.8 Å². The standard InChI is InChI=1S/C21H31NO3/c1-3-24-19-8-6-15(13-20(19)25-4-2)9-10-22-21(23)14-18-12-16-5-7-17(18)11-16/h6,8,13,16-18H,3-5,7,9-12,14H2,1-2H3,(H,22,23). The van der Waals surface area contributed by atoms with Gasteiger partial charge in [-0.1, -0.05) is 12.5 Å². The van der Waals surface area contributed by atoms with Crippen LogP contribution in [0.15, 0.2) is 18.2 Å². The lowest BCUT2D eigenvalue weighted by molar-refractivity contribution is -0.122. The summed E-state index contributed by atoms with van der Waals surface area (Å²) in [6.07, 6.45) is 6.90. The zero-order chi connectivity index (χ0) is 17.6. The summed E-state index contributed by atoms with van der Waals surface area (Å²) in [7, 11) is 0. The number of hydrogen-bond donors (Lipinski definition) is 1. The van der Waals surface area contributed by atoms with Gasteiger partial charge in [0.15, 0.2) is 11.5 Å². The maximum Gasteiger partial charge on any atom is 0.220 e. The van der Waals surface area contributed by atoms with Crippen molar-refractivity contribution < 1.29 is 14.3 Å². The molecular formula is C21H31NO3. The molecule has 25 heavy (non-hydrogen) atoms. The van der Waals surface area contributed by atoms with Crippen molar-refractivity contribution in [3.8, 4) is 11.5 Å². The van der Waals surface area contributed by atoms with Gasteiger partial charge in [0.05, 0.1) is 13.2 Å². The number of carbonyl (C=O) groups is 1. The van der Waals surface area contributed by atoms with Crippen molar-refractivity contribution in [2.75, 3.05) is 19.8 Å². The average Bonchev–Trinajstić information content (AvgIpc) is 3.20. The molecule has 2 aliphatic rings. The summed E-state index contributed by atoms with van der Waals surface area (Å²) in [6.45, 7) is 5.86. The minimum atomic E-state index is 0.216. The van der Waals surface area contributed by atoms with Gasteiger partial charge < -0.3 is 14.8 Å².